The topological polar surface area (TPSA) is 97.6 Å². The molecule has 0 spiro atoms. The Morgan fingerprint density at radius 3 is 2.38 bits per heavy atom. The van der Waals surface area contributed by atoms with E-state index in [1.807, 2.05) is 0 Å². The molecule has 124 valence electrons. The molecule has 0 unspecified atom stereocenters. The summed E-state index contributed by atoms with van der Waals surface area (Å²) in [5.41, 5.74) is 0.405. The maximum atomic E-state index is 12.7. The van der Waals surface area contributed by atoms with Crippen molar-refractivity contribution in [1.82, 2.24) is 4.31 Å². The van der Waals surface area contributed by atoms with Crippen molar-refractivity contribution in [3.63, 3.8) is 0 Å². The Morgan fingerprint density at radius 1 is 1.17 bits per heavy atom. The van der Waals surface area contributed by atoms with Gasteiger partial charge in [-0.1, -0.05) is 29.3 Å². The number of halogens is 1. The molecule has 7 nitrogen and oxygen atoms in total. The summed E-state index contributed by atoms with van der Waals surface area (Å²) in [5, 5.41) is 11.1. The lowest BCUT2D eigenvalue weighted by Gasteiger charge is -2.16. The molecule has 0 saturated carbocycles. The highest BCUT2D eigenvalue weighted by Crippen LogP contribution is 2.38. The molecule has 0 saturated heterocycles. The lowest BCUT2D eigenvalue weighted by Crippen LogP contribution is -2.31. The highest BCUT2D eigenvalue weighted by atomic mass is 35.5. The van der Waals surface area contributed by atoms with Gasteiger partial charge in [0.15, 0.2) is 0 Å². The van der Waals surface area contributed by atoms with Gasteiger partial charge in [-0.2, -0.15) is 0 Å². The van der Waals surface area contributed by atoms with E-state index in [2.05, 4.69) is 0 Å². The highest BCUT2D eigenvalue weighted by Gasteiger charge is 2.41. The molecule has 1 aliphatic heterocycles. The van der Waals surface area contributed by atoms with Crippen LogP contribution in [0.1, 0.15) is 21.5 Å². The smallest absolute Gasteiger partial charge is 0.268 e. The van der Waals surface area contributed by atoms with Crippen molar-refractivity contribution in [2.75, 3.05) is 0 Å². The average Bonchev–Trinajstić information content (AvgIpc) is 2.87. The van der Waals surface area contributed by atoms with Crippen molar-refractivity contribution in [2.45, 2.75) is 18.4 Å². The van der Waals surface area contributed by atoms with Gasteiger partial charge in [0.25, 0.3) is 21.6 Å². The van der Waals surface area contributed by atoms with Gasteiger partial charge >= 0.3 is 0 Å². The molecule has 0 fully saturated rings. The Bertz CT molecular complexity index is 970. The Balaban J connectivity index is 2.11. The number of hydrogen-bond acceptors (Lipinski definition) is 5. The first-order valence-electron chi connectivity index (χ1n) is 6.83. The lowest BCUT2D eigenvalue weighted by atomic mass is 10.1. The van der Waals surface area contributed by atoms with E-state index in [0.717, 1.165) is 11.6 Å². The quantitative estimate of drug-likeness (QED) is 0.614. The lowest BCUT2D eigenvalue weighted by molar-refractivity contribution is -0.385. The van der Waals surface area contributed by atoms with Crippen LogP contribution in [0.4, 0.5) is 5.69 Å². The SMILES string of the molecule is Cc1ccc(S(=O)(=O)N2Cc3c([N+](=O)[O-])ccc(Cl)c3C2=O)cc1. The number of benzene rings is 2. The Labute approximate surface area is 142 Å². The van der Waals surface area contributed by atoms with Gasteiger partial charge in [-0.15, -0.1) is 0 Å². The van der Waals surface area contributed by atoms with Gasteiger partial charge in [-0.3, -0.25) is 14.9 Å². The third-order valence-corrected chi connectivity index (χ3v) is 5.84. The number of carbonyl (C=O) groups excluding carboxylic acids is 1. The van der Waals surface area contributed by atoms with E-state index in [0.29, 0.717) is 4.31 Å². The summed E-state index contributed by atoms with van der Waals surface area (Å²) in [6, 6.07) is 8.37. The molecule has 0 atom stereocenters. The van der Waals surface area contributed by atoms with Gasteiger partial charge in [-0.05, 0) is 25.1 Å². The largest absolute Gasteiger partial charge is 0.275 e. The van der Waals surface area contributed by atoms with Gasteiger partial charge in [0.2, 0.25) is 0 Å². The molecule has 2 aromatic rings. The van der Waals surface area contributed by atoms with E-state index in [9.17, 15) is 23.3 Å². The fourth-order valence-corrected chi connectivity index (χ4v) is 4.14. The van der Waals surface area contributed by atoms with E-state index in [1.54, 1.807) is 19.1 Å². The molecule has 0 radical (unpaired) electrons. The summed E-state index contributed by atoms with van der Waals surface area (Å²) in [6.07, 6.45) is 0. The predicted molar refractivity (Wildman–Crippen MR) is 86.3 cm³/mol. The van der Waals surface area contributed by atoms with E-state index in [4.69, 9.17) is 11.6 Å². The van der Waals surface area contributed by atoms with E-state index < -0.39 is 27.4 Å². The van der Waals surface area contributed by atoms with Crippen LogP contribution in [0.25, 0.3) is 0 Å². The number of rotatable bonds is 3. The second kappa shape index (κ2) is 5.57. The molecular formula is C15H11ClN2O5S. The van der Waals surface area contributed by atoms with Gasteiger partial charge in [0.1, 0.15) is 0 Å². The van der Waals surface area contributed by atoms with Crippen LogP contribution >= 0.6 is 11.6 Å². The zero-order chi connectivity index (χ0) is 17.6. The average molecular weight is 367 g/mol. The van der Waals surface area contributed by atoms with Crippen LogP contribution in [0.5, 0.6) is 0 Å². The second-order valence-electron chi connectivity index (χ2n) is 5.31. The van der Waals surface area contributed by atoms with Crippen molar-refractivity contribution in [3.05, 3.63) is 68.2 Å². The Hall–Kier alpha value is -2.45. The van der Waals surface area contributed by atoms with Crippen molar-refractivity contribution in [2.24, 2.45) is 0 Å². The standard InChI is InChI=1S/C15H11ClN2O5S/c1-9-2-4-10(5-3-9)24(22,23)17-8-11-13(18(20)21)7-6-12(16)14(11)15(17)19/h2-7H,8H2,1H3. The number of hydrogen-bond donors (Lipinski definition) is 0. The van der Waals surface area contributed by atoms with Crippen LogP contribution in [-0.2, 0) is 16.6 Å². The van der Waals surface area contributed by atoms with Gasteiger partial charge in [0.05, 0.1) is 32.5 Å². The molecule has 24 heavy (non-hydrogen) atoms. The van der Waals surface area contributed by atoms with Gasteiger partial charge in [0, 0.05) is 6.07 Å². The van der Waals surface area contributed by atoms with Crippen molar-refractivity contribution >= 4 is 33.2 Å². The molecule has 0 bridgehead atoms. The number of amides is 1. The van der Waals surface area contributed by atoms with Crippen LogP contribution in [0.2, 0.25) is 5.02 Å². The monoisotopic (exact) mass is 366 g/mol. The summed E-state index contributed by atoms with van der Waals surface area (Å²) in [4.78, 5) is 22.9. The minimum Gasteiger partial charge on any atom is -0.268 e. The summed E-state index contributed by atoms with van der Waals surface area (Å²) < 4.78 is 26.0. The summed E-state index contributed by atoms with van der Waals surface area (Å²) in [5.74, 6) is -0.862. The fraction of sp³-hybridized carbons (Fsp3) is 0.133. The highest BCUT2D eigenvalue weighted by molar-refractivity contribution is 7.89. The fourth-order valence-electron chi connectivity index (χ4n) is 2.54. The van der Waals surface area contributed by atoms with E-state index >= 15 is 0 Å². The normalized spacial score (nSPS) is 13.9. The molecular weight excluding hydrogens is 356 g/mol. The first kappa shape index (κ1) is 16.4. The number of nitro groups is 1. The number of nitro benzene ring substituents is 1. The molecule has 3 rings (SSSR count). The van der Waals surface area contributed by atoms with E-state index in [1.165, 1.54) is 18.2 Å². The molecule has 1 aliphatic rings. The molecule has 0 N–H and O–H groups in total. The Kier molecular flexibility index (Phi) is 3.81. The van der Waals surface area contributed by atoms with Gasteiger partial charge < -0.3 is 0 Å². The number of fused-ring (bicyclic) bond motifs is 1. The first-order chi connectivity index (χ1) is 11.2. The third-order valence-electron chi connectivity index (χ3n) is 3.79. The van der Waals surface area contributed by atoms with Crippen LogP contribution in [-0.4, -0.2) is 23.6 Å². The molecule has 1 heterocycles. The van der Waals surface area contributed by atoms with Crippen LogP contribution in [0.15, 0.2) is 41.3 Å². The van der Waals surface area contributed by atoms with E-state index in [-0.39, 0.29) is 26.7 Å². The summed E-state index contributed by atoms with van der Waals surface area (Å²) in [6.45, 7) is 1.39. The maximum Gasteiger partial charge on any atom is 0.275 e. The van der Waals surface area contributed by atoms with Crippen molar-refractivity contribution in [1.29, 1.82) is 0 Å². The Morgan fingerprint density at radius 2 is 1.79 bits per heavy atom. The van der Waals surface area contributed by atoms with Crippen molar-refractivity contribution < 1.29 is 18.1 Å². The van der Waals surface area contributed by atoms with Crippen molar-refractivity contribution in [3.8, 4) is 0 Å². The second-order valence-corrected chi connectivity index (χ2v) is 7.58. The van der Waals surface area contributed by atoms with Gasteiger partial charge in [-0.25, -0.2) is 12.7 Å². The zero-order valence-corrected chi connectivity index (χ0v) is 14.0. The number of aryl methyl sites for hydroxylation is 1. The minimum atomic E-state index is -4.13. The first-order valence-corrected chi connectivity index (χ1v) is 8.65. The van der Waals surface area contributed by atoms with Crippen LogP contribution in [0.3, 0.4) is 0 Å². The summed E-state index contributed by atoms with van der Waals surface area (Å²) in [7, 11) is -4.13. The number of carbonyl (C=O) groups is 1. The predicted octanol–water partition coefficient (Wildman–Crippen LogP) is 2.90. The third kappa shape index (κ3) is 2.44. The number of sulfonamides is 1. The van der Waals surface area contributed by atoms with Crippen LogP contribution < -0.4 is 0 Å². The molecule has 1 amide bonds. The van der Waals surface area contributed by atoms with Crippen LogP contribution in [0, 0.1) is 17.0 Å². The minimum absolute atomic E-state index is 0.00758. The number of nitrogens with zero attached hydrogens (tertiary/aromatic N) is 2. The molecule has 2 aromatic carbocycles. The molecule has 0 aliphatic carbocycles. The zero-order valence-electron chi connectivity index (χ0n) is 12.4. The maximum absolute atomic E-state index is 12.7. The molecule has 0 aromatic heterocycles. The molecule has 9 heteroatoms. The summed E-state index contributed by atoms with van der Waals surface area (Å²) >= 11 is 5.96.